The van der Waals surface area contributed by atoms with E-state index in [1.54, 1.807) is 0 Å². The Balaban J connectivity index is 4.27. The van der Waals surface area contributed by atoms with Crippen LogP contribution in [0.15, 0.2) is 0 Å². The third-order valence-corrected chi connectivity index (χ3v) is 12.1. The largest absolute Gasteiger partial charge is 0.462 e. The molecule has 0 aliphatic heterocycles. The van der Waals surface area contributed by atoms with Gasteiger partial charge in [0.05, 0.1) is 0 Å². The van der Waals surface area contributed by atoms with Crippen molar-refractivity contribution in [2.75, 3.05) is 13.2 Å². The number of ether oxygens (including phenoxy) is 3. The lowest BCUT2D eigenvalue weighted by Crippen LogP contribution is -2.30. The van der Waals surface area contributed by atoms with Gasteiger partial charge in [-0.3, -0.25) is 14.4 Å². The molecule has 0 aliphatic rings. The fourth-order valence-corrected chi connectivity index (χ4v) is 7.52. The highest BCUT2D eigenvalue weighted by Crippen LogP contribution is 2.18. The van der Waals surface area contributed by atoms with Crippen molar-refractivity contribution in [3.63, 3.8) is 0 Å². The normalized spacial score (nSPS) is 13.1. The van der Waals surface area contributed by atoms with E-state index in [2.05, 4.69) is 41.5 Å². The van der Waals surface area contributed by atoms with Gasteiger partial charge in [-0.2, -0.15) is 0 Å². The van der Waals surface area contributed by atoms with Crippen molar-refractivity contribution in [2.45, 2.75) is 279 Å². The Kier molecular flexibility index (Phi) is 41.3. The van der Waals surface area contributed by atoms with E-state index >= 15 is 0 Å². The van der Waals surface area contributed by atoms with Crippen molar-refractivity contribution in [3.8, 4) is 0 Å². The molecule has 0 amide bonds. The number of carbonyl (C=O) groups excluding carboxylic acids is 3. The fourth-order valence-electron chi connectivity index (χ4n) is 7.52. The number of hydrogen-bond acceptors (Lipinski definition) is 6. The van der Waals surface area contributed by atoms with Crippen molar-refractivity contribution in [3.05, 3.63) is 0 Å². The third kappa shape index (κ3) is 42.3. The molecule has 6 heteroatoms. The zero-order chi connectivity index (χ0) is 42.0. The number of hydrogen-bond donors (Lipinski definition) is 0. The average molecular weight is 807 g/mol. The highest BCUT2D eigenvalue weighted by Gasteiger charge is 2.19. The molecule has 338 valence electrons. The van der Waals surface area contributed by atoms with Gasteiger partial charge in [0, 0.05) is 19.3 Å². The van der Waals surface area contributed by atoms with E-state index in [4.69, 9.17) is 14.2 Å². The minimum absolute atomic E-state index is 0.0659. The summed E-state index contributed by atoms with van der Waals surface area (Å²) in [5.74, 6) is 1.64. The van der Waals surface area contributed by atoms with Gasteiger partial charge in [-0.25, -0.2) is 0 Å². The first-order valence-corrected chi connectivity index (χ1v) is 25.2. The van der Waals surface area contributed by atoms with Crippen LogP contribution in [0.4, 0.5) is 0 Å². The van der Waals surface area contributed by atoms with Gasteiger partial charge in [0.25, 0.3) is 0 Å². The first-order chi connectivity index (χ1) is 27.7. The van der Waals surface area contributed by atoms with Crippen LogP contribution >= 0.6 is 0 Å². The van der Waals surface area contributed by atoms with E-state index in [0.717, 1.165) is 75.5 Å². The predicted molar refractivity (Wildman–Crippen MR) is 243 cm³/mol. The van der Waals surface area contributed by atoms with Gasteiger partial charge < -0.3 is 14.2 Å². The van der Waals surface area contributed by atoms with Crippen molar-refractivity contribution in [2.24, 2.45) is 17.8 Å². The molecule has 57 heavy (non-hydrogen) atoms. The SMILES string of the molecule is CCC(C)CCCCCCCCCCCCCCCCC(=O)OC[C@@H](COC(=O)CCCCCCCCC(C)CC)OC(=O)CCCCCCCCCCC(C)C. The Labute approximate surface area is 355 Å². The molecular formula is C51H98O6. The van der Waals surface area contributed by atoms with Crippen molar-refractivity contribution < 1.29 is 28.6 Å². The summed E-state index contributed by atoms with van der Waals surface area (Å²) in [6.07, 6.45) is 40.9. The fraction of sp³-hybridized carbons (Fsp3) is 0.941. The zero-order valence-electron chi connectivity index (χ0n) is 39.1. The van der Waals surface area contributed by atoms with Gasteiger partial charge in [0.15, 0.2) is 6.10 Å². The number of rotatable bonds is 44. The van der Waals surface area contributed by atoms with E-state index in [1.165, 1.54) is 154 Å². The highest BCUT2D eigenvalue weighted by molar-refractivity contribution is 5.71. The van der Waals surface area contributed by atoms with Gasteiger partial charge in [-0.1, -0.05) is 234 Å². The van der Waals surface area contributed by atoms with Crippen LogP contribution in [0.1, 0.15) is 273 Å². The Morgan fingerprint density at radius 2 is 0.614 bits per heavy atom. The molecule has 0 saturated carbocycles. The summed E-state index contributed by atoms with van der Waals surface area (Å²) < 4.78 is 16.8. The number of carbonyl (C=O) groups is 3. The lowest BCUT2D eigenvalue weighted by atomic mass is 9.99. The molecular weight excluding hydrogens is 709 g/mol. The first kappa shape index (κ1) is 55.4. The minimum atomic E-state index is -0.763. The predicted octanol–water partition coefficient (Wildman–Crippen LogP) is 16.0. The van der Waals surface area contributed by atoms with E-state index in [0.29, 0.717) is 19.3 Å². The van der Waals surface area contributed by atoms with Crippen molar-refractivity contribution in [1.82, 2.24) is 0 Å². The monoisotopic (exact) mass is 807 g/mol. The summed E-state index contributed by atoms with van der Waals surface area (Å²) in [7, 11) is 0. The molecule has 0 aliphatic carbocycles. The van der Waals surface area contributed by atoms with Crippen LogP contribution < -0.4 is 0 Å². The molecule has 6 nitrogen and oxygen atoms in total. The van der Waals surface area contributed by atoms with Crippen LogP contribution in [0.5, 0.6) is 0 Å². The second-order valence-corrected chi connectivity index (χ2v) is 18.4. The molecule has 0 bridgehead atoms. The van der Waals surface area contributed by atoms with Crippen LogP contribution in [0, 0.1) is 17.8 Å². The molecule has 0 N–H and O–H groups in total. The molecule has 0 fully saturated rings. The van der Waals surface area contributed by atoms with Crippen LogP contribution in [-0.4, -0.2) is 37.2 Å². The molecule has 0 heterocycles. The molecule has 0 rings (SSSR count). The lowest BCUT2D eigenvalue weighted by Gasteiger charge is -2.18. The molecule has 0 spiro atoms. The lowest BCUT2D eigenvalue weighted by molar-refractivity contribution is -0.167. The third-order valence-electron chi connectivity index (χ3n) is 12.1. The molecule has 0 aromatic heterocycles. The van der Waals surface area contributed by atoms with Crippen LogP contribution in [-0.2, 0) is 28.6 Å². The van der Waals surface area contributed by atoms with E-state index < -0.39 is 6.10 Å². The molecule has 0 radical (unpaired) electrons. The van der Waals surface area contributed by atoms with Gasteiger partial charge in [-0.05, 0) is 37.0 Å². The standard InChI is InChI=1S/C51H98O6/c1-7-46(5)38-32-26-20-15-13-11-9-10-12-14-16-21-28-34-40-49(52)55-43-48(44-56-50(53)41-35-29-24-23-27-33-39-47(6)8-2)57-51(54)42-36-30-22-18-17-19-25-31-37-45(3)4/h45-48H,7-44H2,1-6H3/t46?,47?,48-/m0/s1. The number of unbranched alkanes of at least 4 members (excludes halogenated alkanes) is 25. The Morgan fingerprint density at radius 1 is 0.351 bits per heavy atom. The molecule has 2 unspecified atom stereocenters. The van der Waals surface area contributed by atoms with Gasteiger partial charge in [0.1, 0.15) is 13.2 Å². The van der Waals surface area contributed by atoms with Gasteiger partial charge in [-0.15, -0.1) is 0 Å². The molecule has 0 aromatic carbocycles. The van der Waals surface area contributed by atoms with Crippen LogP contribution in [0.25, 0.3) is 0 Å². The maximum atomic E-state index is 12.7. The smallest absolute Gasteiger partial charge is 0.306 e. The summed E-state index contributed by atoms with van der Waals surface area (Å²) in [4.78, 5) is 37.8. The number of esters is 3. The van der Waals surface area contributed by atoms with E-state index in [9.17, 15) is 14.4 Å². The summed E-state index contributed by atoms with van der Waals surface area (Å²) >= 11 is 0. The first-order valence-electron chi connectivity index (χ1n) is 25.2. The minimum Gasteiger partial charge on any atom is -0.462 e. The molecule has 3 atom stereocenters. The highest BCUT2D eigenvalue weighted by atomic mass is 16.6. The zero-order valence-corrected chi connectivity index (χ0v) is 39.1. The van der Waals surface area contributed by atoms with Gasteiger partial charge >= 0.3 is 17.9 Å². The van der Waals surface area contributed by atoms with Crippen LogP contribution in [0.3, 0.4) is 0 Å². The topological polar surface area (TPSA) is 78.9 Å². The quantitative estimate of drug-likeness (QED) is 0.0347. The Bertz CT molecular complexity index is 887. The molecule has 0 aromatic rings. The van der Waals surface area contributed by atoms with Crippen molar-refractivity contribution >= 4 is 17.9 Å². The summed E-state index contributed by atoms with van der Waals surface area (Å²) in [6, 6.07) is 0. The average Bonchev–Trinajstić information content (AvgIpc) is 3.19. The van der Waals surface area contributed by atoms with E-state index in [1.807, 2.05) is 0 Å². The van der Waals surface area contributed by atoms with Crippen molar-refractivity contribution in [1.29, 1.82) is 0 Å². The van der Waals surface area contributed by atoms with E-state index in [-0.39, 0.29) is 31.1 Å². The maximum Gasteiger partial charge on any atom is 0.306 e. The van der Waals surface area contributed by atoms with Crippen LogP contribution in [0.2, 0.25) is 0 Å². The summed E-state index contributed by atoms with van der Waals surface area (Å²) in [5.41, 5.74) is 0. The Hall–Kier alpha value is -1.59. The summed E-state index contributed by atoms with van der Waals surface area (Å²) in [6.45, 7) is 13.7. The Morgan fingerprint density at radius 3 is 0.912 bits per heavy atom. The molecule has 0 saturated heterocycles. The second-order valence-electron chi connectivity index (χ2n) is 18.4. The van der Waals surface area contributed by atoms with Gasteiger partial charge in [0.2, 0.25) is 0 Å². The second kappa shape index (κ2) is 42.5. The summed E-state index contributed by atoms with van der Waals surface area (Å²) in [5, 5.41) is 0. The maximum absolute atomic E-state index is 12.7.